The number of carbonyl (C=O) groups excluding carboxylic acids is 2. The number of hydrogen-bond donors (Lipinski definition) is 7. The molecule has 4 aromatic rings. The first kappa shape index (κ1) is 25.8. The number of aromatic hydroxyl groups is 6. The SMILES string of the molecule is O=C1c2c(O)cc(O)cc2O[C@]1(Cc1ccc(O)cc1)c1c(O)cc(O)c2c1O[C@@](O)(Cc1ccc(O)cc1)C2=O. The summed E-state index contributed by atoms with van der Waals surface area (Å²) in [4.78, 5) is 27.6. The summed E-state index contributed by atoms with van der Waals surface area (Å²) >= 11 is 0. The van der Waals surface area contributed by atoms with Gasteiger partial charge in [0, 0.05) is 31.0 Å². The van der Waals surface area contributed by atoms with E-state index in [1.807, 2.05) is 0 Å². The average molecular weight is 558 g/mol. The summed E-state index contributed by atoms with van der Waals surface area (Å²) in [6.45, 7) is 0. The van der Waals surface area contributed by atoms with Crippen molar-refractivity contribution < 1.29 is 54.8 Å². The van der Waals surface area contributed by atoms with E-state index in [0.29, 0.717) is 11.1 Å². The third-order valence-electron chi connectivity index (χ3n) is 7.21. The standard InChI is InChI=1S/C30H22O11/c31-16-5-1-14(2-6-16)12-29(27(37)23-19(34)9-18(33)10-22(23)40-29)25-21(36)11-20(35)24-26(25)41-30(39,28(24)38)13-15-3-7-17(32)8-4-15/h1-11,31-36,39H,12-13H2/t29-,30+/m1/s1. The van der Waals surface area contributed by atoms with E-state index in [1.165, 1.54) is 48.5 Å². The van der Waals surface area contributed by atoms with E-state index in [4.69, 9.17) is 9.47 Å². The Morgan fingerprint density at radius 2 is 1.15 bits per heavy atom. The van der Waals surface area contributed by atoms with Gasteiger partial charge >= 0.3 is 0 Å². The molecule has 41 heavy (non-hydrogen) atoms. The van der Waals surface area contributed by atoms with Gasteiger partial charge in [0.05, 0.1) is 5.56 Å². The maximum absolute atomic E-state index is 14.1. The number of fused-ring (bicyclic) bond motifs is 2. The van der Waals surface area contributed by atoms with Gasteiger partial charge in [0.1, 0.15) is 57.1 Å². The van der Waals surface area contributed by atoms with Crippen molar-refractivity contribution in [1.82, 2.24) is 0 Å². The number of carbonyl (C=O) groups is 2. The lowest BCUT2D eigenvalue weighted by molar-refractivity contribution is -0.0903. The van der Waals surface area contributed by atoms with E-state index < -0.39 is 69.2 Å². The number of ether oxygens (including phenoxy) is 2. The average Bonchev–Trinajstić information content (AvgIpc) is 3.32. The zero-order valence-corrected chi connectivity index (χ0v) is 21.0. The van der Waals surface area contributed by atoms with Crippen LogP contribution in [0.15, 0.2) is 66.7 Å². The molecule has 4 aromatic carbocycles. The Bertz CT molecular complexity index is 1740. The van der Waals surface area contributed by atoms with Crippen LogP contribution >= 0.6 is 0 Å². The first-order valence-corrected chi connectivity index (χ1v) is 12.3. The van der Waals surface area contributed by atoms with Gasteiger partial charge in [-0.25, -0.2) is 0 Å². The molecule has 6 rings (SSSR count). The summed E-state index contributed by atoms with van der Waals surface area (Å²) < 4.78 is 11.9. The number of rotatable bonds is 5. The first-order chi connectivity index (χ1) is 19.4. The minimum atomic E-state index is -2.58. The van der Waals surface area contributed by atoms with Crippen LogP contribution < -0.4 is 9.47 Å². The molecule has 2 heterocycles. The number of aliphatic hydroxyl groups is 1. The van der Waals surface area contributed by atoms with Gasteiger partial charge in [-0.2, -0.15) is 0 Å². The van der Waals surface area contributed by atoms with Crippen LogP contribution in [0.25, 0.3) is 0 Å². The van der Waals surface area contributed by atoms with Crippen LogP contribution in [0.4, 0.5) is 0 Å². The molecule has 0 aromatic heterocycles. The van der Waals surface area contributed by atoms with Crippen LogP contribution in [-0.4, -0.2) is 53.1 Å². The van der Waals surface area contributed by atoms with Gasteiger partial charge < -0.3 is 45.2 Å². The summed E-state index contributed by atoms with van der Waals surface area (Å²) in [7, 11) is 0. The smallest absolute Gasteiger partial charge is 0.277 e. The second kappa shape index (κ2) is 8.80. The Kier molecular flexibility index (Phi) is 5.54. The third-order valence-corrected chi connectivity index (χ3v) is 7.21. The Balaban J connectivity index is 1.55. The summed E-state index contributed by atoms with van der Waals surface area (Å²) in [5.41, 5.74) is -2.66. The Hall–Kier alpha value is -5.42. The van der Waals surface area contributed by atoms with Gasteiger partial charge in [-0.1, -0.05) is 24.3 Å². The predicted molar refractivity (Wildman–Crippen MR) is 140 cm³/mol. The quantitative estimate of drug-likeness (QED) is 0.190. The van der Waals surface area contributed by atoms with Crippen LogP contribution in [0.5, 0.6) is 46.0 Å². The lowest BCUT2D eigenvalue weighted by Crippen LogP contribution is -2.43. The number of benzene rings is 4. The second-order valence-electron chi connectivity index (χ2n) is 9.99. The van der Waals surface area contributed by atoms with Crippen LogP contribution in [-0.2, 0) is 18.4 Å². The number of Topliss-reactive ketones (excluding diaryl/α,β-unsaturated/α-hetero) is 2. The molecule has 0 saturated carbocycles. The zero-order chi connectivity index (χ0) is 29.3. The summed E-state index contributed by atoms with van der Waals surface area (Å²) in [6, 6.07) is 14.1. The Morgan fingerprint density at radius 3 is 1.76 bits per heavy atom. The molecule has 0 fully saturated rings. The van der Waals surface area contributed by atoms with Crippen molar-refractivity contribution in [3.8, 4) is 46.0 Å². The summed E-state index contributed by atoms with van der Waals surface area (Å²) in [5.74, 6) is -7.81. The fourth-order valence-electron chi connectivity index (χ4n) is 5.36. The molecular formula is C30H22O11. The molecule has 2 atom stereocenters. The van der Waals surface area contributed by atoms with Gasteiger partial charge in [-0.05, 0) is 35.4 Å². The highest BCUT2D eigenvalue weighted by atomic mass is 16.6. The van der Waals surface area contributed by atoms with Crippen LogP contribution in [0.2, 0.25) is 0 Å². The van der Waals surface area contributed by atoms with Crippen molar-refractivity contribution in [3.63, 3.8) is 0 Å². The Morgan fingerprint density at radius 1 is 0.585 bits per heavy atom. The van der Waals surface area contributed by atoms with Crippen LogP contribution in [0, 0.1) is 0 Å². The molecule has 208 valence electrons. The molecule has 0 amide bonds. The largest absolute Gasteiger partial charge is 0.508 e. The fraction of sp³-hybridized carbons (Fsp3) is 0.133. The first-order valence-electron chi connectivity index (χ1n) is 12.3. The van der Waals surface area contributed by atoms with E-state index in [-0.39, 0.29) is 29.2 Å². The van der Waals surface area contributed by atoms with E-state index >= 15 is 0 Å². The molecule has 0 radical (unpaired) electrons. The van der Waals surface area contributed by atoms with Crippen molar-refractivity contribution >= 4 is 11.6 Å². The van der Waals surface area contributed by atoms with Crippen molar-refractivity contribution in [2.45, 2.75) is 24.2 Å². The second-order valence-corrected chi connectivity index (χ2v) is 9.99. The van der Waals surface area contributed by atoms with Crippen molar-refractivity contribution in [1.29, 1.82) is 0 Å². The van der Waals surface area contributed by atoms with Gasteiger partial charge in [-0.3, -0.25) is 9.59 Å². The maximum Gasteiger partial charge on any atom is 0.277 e. The molecule has 0 bridgehead atoms. The fourth-order valence-corrected chi connectivity index (χ4v) is 5.36. The highest BCUT2D eigenvalue weighted by Gasteiger charge is 2.58. The number of phenols is 6. The van der Waals surface area contributed by atoms with Crippen molar-refractivity contribution in [2.24, 2.45) is 0 Å². The maximum atomic E-state index is 14.1. The molecule has 2 aliphatic heterocycles. The summed E-state index contributed by atoms with van der Waals surface area (Å²) in [5, 5.41) is 73.1. The third kappa shape index (κ3) is 3.94. The van der Waals surface area contributed by atoms with E-state index in [0.717, 1.165) is 18.2 Å². The molecule has 7 N–H and O–H groups in total. The minimum absolute atomic E-state index is 0.0468. The lowest BCUT2D eigenvalue weighted by atomic mass is 9.80. The molecule has 11 heteroatoms. The van der Waals surface area contributed by atoms with Crippen LogP contribution in [0.1, 0.15) is 37.4 Å². The zero-order valence-electron chi connectivity index (χ0n) is 21.0. The molecule has 0 aliphatic carbocycles. The topological polar surface area (TPSA) is 194 Å². The Labute approximate surface area is 231 Å². The molecule has 2 aliphatic rings. The van der Waals surface area contributed by atoms with Gasteiger partial charge in [0.25, 0.3) is 5.79 Å². The monoisotopic (exact) mass is 558 g/mol. The highest BCUT2D eigenvalue weighted by molar-refractivity contribution is 6.13. The number of hydrogen-bond acceptors (Lipinski definition) is 11. The van der Waals surface area contributed by atoms with E-state index in [1.54, 1.807) is 0 Å². The summed E-state index contributed by atoms with van der Waals surface area (Å²) in [6.07, 6.45) is -0.755. The van der Waals surface area contributed by atoms with Gasteiger partial charge in [0.2, 0.25) is 17.2 Å². The number of ketones is 2. The van der Waals surface area contributed by atoms with Crippen LogP contribution in [0.3, 0.4) is 0 Å². The van der Waals surface area contributed by atoms with E-state index in [2.05, 4.69) is 0 Å². The van der Waals surface area contributed by atoms with Crippen molar-refractivity contribution in [3.05, 3.63) is 94.5 Å². The molecular weight excluding hydrogens is 536 g/mol. The van der Waals surface area contributed by atoms with E-state index in [9.17, 15) is 45.3 Å². The highest BCUT2D eigenvalue weighted by Crippen LogP contribution is 2.56. The van der Waals surface area contributed by atoms with Gasteiger partial charge in [-0.15, -0.1) is 0 Å². The molecule has 0 unspecified atom stereocenters. The predicted octanol–water partition coefficient (Wildman–Crippen LogP) is 3.14. The minimum Gasteiger partial charge on any atom is -0.508 e. The lowest BCUT2D eigenvalue weighted by Gasteiger charge is -2.30. The van der Waals surface area contributed by atoms with Gasteiger partial charge in [0.15, 0.2) is 0 Å². The number of phenolic OH excluding ortho intramolecular Hbond substituents is 6. The molecule has 11 nitrogen and oxygen atoms in total. The molecule has 0 saturated heterocycles. The molecule has 0 spiro atoms. The normalized spacial score (nSPS) is 20.8. The van der Waals surface area contributed by atoms with Crippen molar-refractivity contribution in [2.75, 3.05) is 0 Å².